The molecular formula is C11H17NO. The number of Topliss-reactive ketones (excluding diaryl/α,β-unsaturated/α-hetero) is 1. The number of aromatic nitrogens is 1. The first-order valence-electron chi connectivity index (χ1n) is 4.51. The molecular weight excluding hydrogens is 162 g/mol. The van der Waals surface area contributed by atoms with E-state index in [1.807, 2.05) is 51.6 Å². The van der Waals surface area contributed by atoms with Crippen LogP contribution in [0, 0.1) is 12.3 Å². The van der Waals surface area contributed by atoms with Crippen molar-refractivity contribution in [2.45, 2.75) is 27.7 Å². The molecule has 13 heavy (non-hydrogen) atoms. The minimum Gasteiger partial charge on any atom is -0.354 e. The van der Waals surface area contributed by atoms with Gasteiger partial charge in [-0.1, -0.05) is 20.8 Å². The van der Waals surface area contributed by atoms with Crippen LogP contribution in [0.1, 0.15) is 36.8 Å². The molecule has 1 aromatic heterocycles. The Morgan fingerprint density at radius 3 is 2.23 bits per heavy atom. The van der Waals surface area contributed by atoms with E-state index in [9.17, 15) is 4.79 Å². The Hall–Kier alpha value is -1.05. The Kier molecular flexibility index (Phi) is 2.33. The van der Waals surface area contributed by atoms with Gasteiger partial charge in [-0.2, -0.15) is 0 Å². The SMILES string of the molecule is Cc1c(C(=O)C(C)(C)C)ccn1C. The second kappa shape index (κ2) is 3.02. The van der Waals surface area contributed by atoms with Crippen LogP contribution in [0.25, 0.3) is 0 Å². The predicted molar refractivity (Wildman–Crippen MR) is 53.9 cm³/mol. The van der Waals surface area contributed by atoms with Crippen LogP contribution in [0.4, 0.5) is 0 Å². The predicted octanol–water partition coefficient (Wildman–Crippen LogP) is 2.56. The van der Waals surface area contributed by atoms with Crippen molar-refractivity contribution in [1.29, 1.82) is 0 Å². The number of aryl methyl sites for hydroxylation is 1. The van der Waals surface area contributed by atoms with E-state index in [2.05, 4.69) is 0 Å². The van der Waals surface area contributed by atoms with Crippen LogP contribution in [0.5, 0.6) is 0 Å². The summed E-state index contributed by atoms with van der Waals surface area (Å²) in [5.41, 5.74) is 1.60. The van der Waals surface area contributed by atoms with Gasteiger partial charge in [0.15, 0.2) is 5.78 Å². The molecule has 0 aromatic carbocycles. The van der Waals surface area contributed by atoms with Crippen LogP contribution in [-0.4, -0.2) is 10.4 Å². The van der Waals surface area contributed by atoms with Crippen molar-refractivity contribution in [3.05, 3.63) is 23.5 Å². The quantitative estimate of drug-likeness (QED) is 0.607. The largest absolute Gasteiger partial charge is 0.354 e. The highest BCUT2D eigenvalue weighted by Gasteiger charge is 2.24. The fraction of sp³-hybridized carbons (Fsp3) is 0.545. The van der Waals surface area contributed by atoms with Crippen LogP contribution >= 0.6 is 0 Å². The van der Waals surface area contributed by atoms with Gasteiger partial charge in [0, 0.05) is 29.9 Å². The third-order valence-corrected chi connectivity index (χ3v) is 2.31. The molecule has 0 aliphatic heterocycles. The number of ketones is 1. The fourth-order valence-electron chi connectivity index (χ4n) is 1.25. The number of rotatable bonds is 1. The van der Waals surface area contributed by atoms with Crippen LogP contribution in [-0.2, 0) is 7.05 Å². The summed E-state index contributed by atoms with van der Waals surface area (Å²) in [5.74, 6) is 0.214. The molecule has 0 aliphatic carbocycles. The average Bonchev–Trinajstić information content (AvgIpc) is 2.30. The van der Waals surface area contributed by atoms with E-state index < -0.39 is 0 Å². The highest BCUT2D eigenvalue weighted by Crippen LogP contribution is 2.22. The topological polar surface area (TPSA) is 22.0 Å². The summed E-state index contributed by atoms with van der Waals surface area (Å²) >= 11 is 0. The average molecular weight is 179 g/mol. The van der Waals surface area contributed by atoms with E-state index in [1.165, 1.54) is 0 Å². The van der Waals surface area contributed by atoms with Crippen molar-refractivity contribution >= 4 is 5.78 Å². The molecule has 0 saturated heterocycles. The minimum absolute atomic E-state index is 0.214. The maximum absolute atomic E-state index is 11.9. The molecule has 72 valence electrons. The lowest BCUT2D eigenvalue weighted by Gasteiger charge is -2.16. The molecule has 0 bridgehead atoms. The lowest BCUT2D eigenvalue weighted by atomic mass is 9.87. The van der Waals surface area contributed by atoms with E-state index in [0.29, 0.717) is 0 Å². The Balaban J connectivity index is 3.10. The Morgan fingerprint density at radius 2 is 1.92 bits per heavy atom. The van der Waals surface area contributed by atoms with E-state index in [0.717, 1.165) is 11.3 Å². The highest BCUT2D eigenvalue weighted by atomic mass is 16.1. The van der Waals surface area contributed by atoms with E-state index in [4.69, 9.17) is 0 Å². The Morgan fingerprint density at radius 1 is 1.38 bits per heavy atom. The normalized spacial score (nSPS) is 11.8. The second-order valence-electron chi connectivity index (χ2n) is 4.50. The van der Waals surface area contributed by atoms with Gasteiger partial charge in [0.25, 0.3) is 0 Å². The minimum atomic E-state index is -0.286. The van der Waals surface area contributed by atoms with Gasteiger partial charge in [0.1, 0.15) is 0 Å². The van der Waals surface area contributed by atoms with Gasteiger partial charge in [-0.25, -0.2) is 0 Å². The first kappa shape index (κ1) is 10.0. The summed E-state index contributed by atoms with van der Waals surface area (Å²) in [7, 11) is 1.95. The molecule has 0 amide bonds. The highest BCUT2D eigenvalue weighted by molar-refractivity contribution is 6.00. The van der Waals surface area contributed by atoms with Crippen LogP contribution in [0.3, 0.4) is 0 Å². The third-order valence-electron chi connectivity index (χ3n) is 2.31. The molecule has 0 atom stereocenters. The first-order valence-corrected chi connectivity index (χ1v) is 4.51. The molecule has 1 heterocycles. The molecule has 0 aliphatic rings. The molecule has 2 heteroatoms. The molecule has 2 nitrogen and oxygen atoms in total. The molecule has 1 rings (SSSR count). The Labute approximate surface area is 79.6 Å². The molecule has 0 spiro atoms. The van der Waals surface area contributed by atoms with Gasteiger partial charge in [0.05, 0.1) is 0 Å². The first-order chi connectivity index (χ1) is 5.84. The summed E-state index contributed by atoms with van der Waals surface area (Å²) in [5, 5.41) is 0. The number of hydrogen-bond donors (Lipinski definition) is 0. The van der Waals surface area contributed by atoms with Crippen LogP contribution in [0.15, 0.2) is 12.3 Å². The number of carbonyl (C=O) groups is 1. The monoisotopic (exact) mass is 179 g/mol. The van der Waals surface area contributed by atoms with Gasteiger partial charge in [0.2, 0.25) is 0 Å². The molecule has 0 N–H and O–H groups in total. The standard InChI is InChI=1S/C11H17NO/c1-8-9(6-7-12(8)5)10(13)11(2,3)4/h6-7H,1-5H3. The number of nitrogens with zero attached hydrogens (tertiary/aromatic N) is 1. The molecule has 0 fully saturated rings. The van der Waals surface area contributed by atoms with Gasteiger partial charge in [-0.15, -0.1) is 0 Å². The van der Waals surface area contributed by atoms with E-state index >= 15 is 0 Å². The lowest BCUT2D eigenvalue weighted by molar-refractivity contribution is 0.0857. The molecule has 0 radical (unpaired) electrons. The van der Waals surface area contributed by atoms with Crippen molar-refractivity contribution in [1.82, 2.24) is 4.57 Å². The molecule has 0 saturated carbocycles. The summed E-state index contributed by atoms with van der Waals surface area (Å²) < 4.78 is 1.97. The van der Waals surface area contributed by atoms with E-state index in [-0.39, 0.29) is 11.2 Å². The van der Waals surface area contributed by atoms with Gasteiger partial charge in [-0.3, -0.25) is 4.79 Å². The zero-order valence-corrected chi connectivity index (χ0v) is 9.01. The van der Waals surface area contributed by atoms with Crippen LogP contribution < -0.4 is 0 Å². The summed E-state index contributed by atoms with van der Waals surface area (Å²) in [6.07, 6.45) is 1.92. The van der Waals surface area contributed by atoms with Crippen molar-refractivity contribution in [2.75, 3.05) is 0 Å². The Bertz CT molecular complexity index is 328. The third kappa shape index (κ3) is 1.82. The molecule has 1 aromatic rings. The zero-order valence-electron chi connectivity index (χ0n) is 9.01. The zero-order chi connectivity index (χ0) is 10.2. The lowest BCUT2D eigenvalue weighted by Crippen LogP contribution is -2.20. The van der Waals surface area contributed by atoms with Crippen molar-refractivity contribution in [2.24, 2.45) is 12.5 Å². The van der Waals surface area contributed by atoms with E-state index in [1.54, 1.807) is 0 Å². The van der Waals surface area contributed by atoms with Crippen molar-refractivity contribution in [3.63, 3.8) is 0 Å². The van der Waals surface area contributed by atoms with Crippen LogP contribution in [0.2, 0.25) is 0 Å². The summed E-state index contributed by atoms with van der Waals surface area (Å²) in [4.78, 5) is 11.9. The maximum Gasteiger partial charge on any atom is 0.169 e. The maximum atomic E-state index is 11.9. The smallest absolute Gasteiger partial charge is 0.169 e. The second-order valence-corrected chi connectivity index (χ2v) is 4.50. The van der Waals surface area contributed by atoms with Crippen molar-refractivity contribution < 1.29 is 4.79 Å². The fourth-order valence-corrected chi connectivity index (χ4v) is 1.25. The van der Waals surface area contributed by atoms with Crippen molar-refractivity contribution in [3.8, 4) is 0 Å². The summed E-state index contributed by atoms with van der Waals surface area (Å²) in [6, 6.07) is 1.89. The number of carbonyl (C=O) groups excluding carboxylic acids is 1. The van der Waals surface area contributed by atoms with Gasteiger partial charge >= 0.3 is 0 Å². The molecule has 0 unspecified atom stereocenters. The van der Waals surface area contributed by atoms with Gasteiger partial charge in [-0.05, 0) is 13.0 Å². The summed E-state index contributed by atoms with van der Waals surface area (Å²) in [6.45, 7) is 7.81. The van der Waals surface area contributed by atoms with Gasteiger partial charge < -0.3 is 4.57 Å². The number of hydrogen-bond acceptors (Lipinski definition) is 1.